The van der Waals surface area contributed by atoms with Crippen LogP contribution in [-0.2, 0) is 13.6 Å². The van der Waals surface area contributed by atoms with Crippen molar-refractivity contribution in [3.05, 3.63) is 57.9 Å². The Morgan fingerprint density at radius 3 is 2.48 bits per heavy atom. The summed E-state index contributed by atoms with van der Waals surface area (Å²) in [5.41, 5.74) is 4.16. The van der Waals surface area contributed by atoms with Crippen LogP contribution in [0.5, 0.6) is 0 Å². The van der Waals surface area contributed by atoms with Gasteiger partial charge in [-0.25, -0.2) is 0 Å². The van der Waals surface area contributed by atoms with Crippen molar-refractivity contribution in [2.75, 3.05) is 6.54 Å². The Bertz CT molecular complexity index is 641. The van der Waals surface area contributed by atoms with Gasteiger partial charge in [-0.05, 0) is 31.5 Å². The Morgan fingerprint density at radius 2 is 1.81 bits per heavy atom. The fourth-order valence-corrected chi connectivity index (χ4v) is 2.36. The number of unbranched alkanes of at least 4 members (excludes halogenated alkanes) is 1. The van der Waals surface area contributed by atoms with E-state index in [-0.39, 0.29) is 5.56 Å². The number of nitrogens with one attached hydrogen (secondary N) is 1. The Morgan fingerprint density at radius 1 is 1.10 bits per heavy atom. The van der Waals surface area contributed by atoms with Crippen molar-refractivity contribution in [2.45, 2.75) is 33.2 Å². The van der Waals surface area contributed by atoms with Gasteiger partial charge in [0.25, 0.3) is 5.56 Å². The number of rotatable bonds is 6. The van der Waals surface area contributed by atoms with Gasteiger partial charge in [0.05, 0.1) is 5.69 Å². The standard InChI is InChI=1S/C18H24N2O/c1-4-5-12-19-13-16-10-11-17(20(3)18(16)21)15-8-6-14(2)7-9-15/h6-11,19H,4-5,12-13H2,1-3H3. The third-order valence-electron chi connectivity index (χ3n) is 3.75. The maximum atomic E-state index is 12.4. The summed E-state index contributed by atoms with van der Waals surface area (Å²) in [5.74, 6) is 0. The zero-order chi connectivity index (χ0) is 15.2. The van der Waals surface area contributed by atoms with Crippen LogP contribution < -0.4 is 10.9 Å². The van der Waals surface area contributed by atoms with E-state index in [0.717, 1.165) is 36.2 Å². The molecule has 0 aliphatic heterocycles. The number of aromatic nitrogens is 1. The second kappa shape index (κ2) is 7.23. The molecule has 0 radical (unpaired) electrons. The van der Waals surface area contributed by atoms with Crippen LogP contribution in [0.3, 0.4) is 0 Å². The lowest BCUT2D eigenvalue weighted by atomic mass is 10.1. The highest BCUT2D eigenvalue weighted by molar-refractivity contribution is 5.60. The number of hydrogen-bond acceptors (Lipinski definition) is 2. The van der Waals surface area contributed by atoms with Gasteiger partial charge in [0.1, 0.15) is 0 Å². The van der Waals surface area contributed by atoms with Crippen LogP contribution in [0.15, 0.2) is 41.2 Å². The number of hydrogen-bond donors (Lipinski definition) is 1. The number of pyridine rings is 1. The summed E-state index contributed by atoms with van der Waals surface area (Å²) in [5, 5.41) is 3.32. The smallest absolute Gasteiger partial charge is 0.255 e. The first-order valence-electron chi connectivity index (χ1n) is 7.60. The number of benzene rings is 1. The fraction of sp³-hybridized carbons (Fsp3) is 0.389. The topological polar surface area (TPSA) is 34.0 Å². The summed E-state index contributed by atoms with van der Waals surface area (Å²) < 4.78 is 1.74. The maximum absolute atomic E-state index is 12.4. The third kappa shape index (κ3) is 3.82. The van der Waals surface area contributed by atoms with E-state index in [1.807, 2.05) is 19.2 Å². The second-order valence-corrected chi connectivity index (χ2v) is 5.50. The Hall–Kier alpha value is -1.87. The molecule has 0 saturated carbocycles. The molecule has 3 heteroatoms. The SMILES string of the molecule is CCCCNCc1ccc(-c2ccc(C)cc2)n(C)c1=O. The summed E-state index contributed by atoms with van der Waals surface area (Å²) in [6, 6.07) is 12.2. The molecule has 112 valence electrons. The normalized spacial score (nSPS) is 10.8. The highest BCUT2D eigenvalue weighted by Gasteiger charge is 2.07. The molecule has 0 bridgehead atoms. The van der Waals surface area contributed by atoms with E-state index in [1.165, 1.54) is 5.56 Å². The molecule has 0 aliphatic rings. The molecule has 2 aromatic rings. The molecule has 1 heterocycles. The molecule has 0 amide bonds. The van der Waals surface area contributed by atoms with Crippen molar-refractivity contribution < 1.29 is 0 Å². The predicted molar refractivity (Wildman–Crippen MR) is 88.5 cm³/mol. The van der Waals surface area contributed by atoms with Gasteiger partial charge in [0, 0.05) is 19.2 Å². The first-order valence-corrected chi connectivity index (χ1v) is 7.60. The van der Waals surface area contributed by atoms with Crippen molar-refractivity contribution in [1.29, 1.82) is 0 Å². The molecular formula is C18H24N2O. The van der Waals surface area contributed by atoms with Crippen LogP contribution in [0, 0.1) is 6.92 Å². The summed E-state index contributed by atoms with van der Waals surface area (Å²) >= 11 is 0. The zero-order valence-corrected chi connectivity index (χ0v) is 13.1. The van der Waals surface area contributed by atoms with Crippen LogP contribution in [0.1, 0.15) is 30.9 Å². The highest BCUT2D eigenvalue weighted by atomic mass is 16.1. The molecule has 2 rings (SSSR count). The van der Waals surface area contributed by atoms with Gasteiger partial charge < -0.3 is 9.88 Å². The second-order valence-electron chi connectivity index (χ2n) is 5.50. The van der Waals surface area contributed by atoms with Crippen molar-refractivity contribution in [2.24, 2.45) is 7.05 Å². The van der Waals surface area contributed by atoms with Crippen molar-refractivity contribution in [3.63, 3.8) is 0 Å². The minimum Gasteiger partial charge on any atom is -0.312 e. The molecule has 0 saturated heterocycles. The van der Waals surface area contributed by atoms with Gasteiger partial charge in [0.15, 0.2) is 0 Å². The van der Waals surface area contributed by atoms with E-state index in [9.17, 15) is 4.79 Å². The molecule has 0 fully saturated rings. The molecule has 1 aromatic carbocycles. The van der Waals surface area contributed by atoms with Gasteiger partial charge in [-0.1, -0.05) is 49.2 Å². The van der Waals surface area contributed by atoms with Crippen molar-refractivity contribution in [1.82, 2.24) is 9.88 Å². The average molecular weight is 284 g/mol. The summed E-state index contributed by atoms with van der Waals surface area (Å²) in [6.07, 6.45) is 2.30. The molecule has 0 atom stereocenters. The van der Waals surface area contributed by atoms with Gasteiger partial charge in [-0.15, -0.1) is 0 Å². The quantitative estimate of drug-likeness (QED) is 0.826. The molecule has 3 nitrogen and oxygen atoms in total. The average Bonchev–Trinajstić information content (AvgIpc) is 2.49. The molecule has 0 unspecified atom stereocenters. The Balaban J connectivity index is 2.21. The van der Waals surface area contributed by atoms with E-state index < -0.39 is 0 Å². The van der Waals surface area contributed by atoms with E-state index in [4.69, 9.17) is 0 Å². The zero-order valence-electron chi connectivity index (χ0n) is 13.1. The van der Waals surface area contributed by atoms with Gasteiger partial charge in [-0.2, -0.15) is 0 Å². The predicted octanol–water partition coefficient (Wildman–Crippen LogP) is 3.25. The minimum atomic E-state index is 0.0806. The lowest BCUT2D eigenvalue weighted by Gasteiger charge is -2.11. The van der Waals surface area contributed by atoms with E-state index >= 15 is 0 Å². The van der Waals surface area contributed by atoms with Crippen LogP contribution in [0.4, 0.5) is 0 Å². The first kappa shape index (κ1) is 15.5. The van der Waals surface area contributed by atoms with Gasteiger partial charge in [0.2, 0.25) is 0 Å². The molecular weight excluding hydrogens is 260 g/mol. The summed E-state index contributed by atoms with van der Waals surface area (Å²) in [7, 11) is 1.84. The molecule has 0 spiro atoms. The number of aryl methyl sites for hydroxylation is 1. The molecule has 1 N–H and O–H groups in total. The van der Waals surface area contributed by atoms with Gasteiger partial charge in [-0.3, -0.25) is 4.79 Å². The highest BCUT2D eigenvalue weighted by Crippen LogP contribution is 2.18. The van der Waals surface area contributed by atoms with E-state index in [0.29, 0.717) is 6.54 Å². The monoisotopic (exact) mass is 284 g/mol. The first-order chi connectivity index (χ1) is 10.1. The molecule has 0 aliphatic carbocycles. The largest absolute Gasteiger partial charge is 0.312 e. The maximum Gasteiger partial charge on any atom is 0.255 e. The fourth-order valence-electron chi connectivity index (χ4n) is 2.36. The molecule has 1 aromatic heterocycles. The van der Waals surface area contributed by atoms with E-state index in [2.05, 4.69) is 43.4 Å². The van der Waals surface area contributed by atoms with Crippen LogP contribution in [-0.4, -0.2) is 11.1 Å². The van der Waals surface area contributed by atoms with E-state index in [1.54, 1.807) is 4.57 Å². The van der Waals surface area contributed by atoms with Crippen LogP contribution in [0.2, 0.25) is 0 Å². The van der Waals surface area contributed by atoms with Crippen LogP contribution in [0.25, 0.3) is 11.3 Å². The minimum absolute atomic E-state index is 0.0806. The van der Waals surface area contributed by atoms with Gasteiger partial charge >= 0.3 is 0 Å². The lowest BCUT2D eigenvalue weighted by molar-refractivity contribution is 0.634. The number of nitrogens with zero attached hydrogens (tertiary/aromatic N) is 1. The Labute approximate surface area is 126 Å². The summed E-state index contributed by atoms with van der Waals surface area (Å²) in [6.45, 7) is 5.82. The molecule has 21 heavy (non-hydrogen) atoms. The van der Waals surface area contributed by atoms with Crippen molar-refractivity contribution in [3.8, 4) is 11.3 Å². The van der Waals surface area contributed by atoms with Crippen molar-refractivity contribution >= 4 is 0 Å². The Kier molecular flexibility index (Phi) is 5.34. The van der Waals surface area contributed by atoms with Crippen LogP contribution >= 0.6 is 0 Å². The lowest BCUT2D eigenvalue weighted by Crippen LogP contribution is -2.26. The third-order valence-corrected chi connectivity index (χ3v) is 3.75. The summed E-state index contributed by atoms with van der Waals surface area (Å²) in [4.78, 5) is 12.4.